The summed E-state index contributed by atoms with van der Waals surface area (Å²) < 4.78 is 0. The molecule has 4 nitrogen and oxygen atoms in total. The molecule has 0 saturated heterocycles. The smallest absolute Gasteiger partial charge is 0.245 e. The largest absolute Gasteiger partial charge is 0.380 e. The van der Waals surface area contributed by atoms with Crippen molar-refractivity contribution in [1.82, 2.24) is 0 Å². The molecule has 0 spiro atoms. The Morgan fingerprint density at radius 1 is 0.864 bits per heavy atom. The molecule has 0 saturated carbocycles. The lowest BCUT2D eigenvalue weighted by Crippen LogP contribution is -2.38. The van der Waals surface area contributed by atoms with Crippen molar-refractivity contribution in [2.24, 2.45) is 0 Å². The van der Waals surface area contributed by atoms with E-state index in [1.807, 2.05) is 0 Å². The number of hydrogen-bond donors (Lipinski definition) is 0. The number of alkyl halides is 2. The molecule has 0 amide bonds. The van der Waals surface area contributed by atoms with E-state index in [1.165, 1.54) is 24.3 Å². The van der Waals surface area contributed by atoms with Crippen molar-refractivity contribution in [2.45, 2.75) is 22.6 Å². The maximum atomic E-state index is 12.0. The van der Waals surface area contributed by atoms with E-state index < -0.39 is 21.7 Å². The molecule has 118 valence electrons. The van der Waals surface area contributed by atoms with Gasteiger partial charge in [0.05, 0.1) is 0 Å². The molecule has 22 heavy (non-hydrogen) atoms. The third kappa shape index (κ3) is 3.87. The first-order valence-electron chi connectivity index (χ1n) is 6.14. The van der Waals surface area contributed by atoms with Gasteiger partial charge in [-0.1, -0.05) is 47.5 Å². The van der Waals surface area contributed by atoms with Gasteiger partial charge >= 0.3 is 11.9 Å². The van der Waals surface area contributed by atoms with Crippen LogP contribution in [-0.4, -0.2) is 21.7 Å². The Labute approximate surface area is 146 Å². The van der Waals surface area contributed by atoms with Crippen LogP contribution in [0.2, 0.25) is 0 Å². The van der Waals surface area contributed by atoms with Crippen LogP contribution in [0, 0.1) is 0 Å². The van der Waals surface area contributed by atoms with Crippen LogP contribution in [-0.2, 0) is 19.4 Å². The van der Waals surface area contributed by atoms with Crippen molar-refractivity contribution in [2.75, 3.05) is 0 Å². The quantitative estimate of drug-likeness (QED) is 0.409. The number of halogens is 4. The molecule has 0 aromatic rings. The summed E-state index contributed by atoms with van der Waals surface area (Å²) in [6, 6.07) is 0. The Hall–Kier alpha value is -0.940. The van der Waals surface area contributed by atoms with E-state index >= 15 is 0 Å². The van der Waals surface area contributed by atoms with Gasteiger partial charge in [-0.05, 0) is 12.2 Å². The fourth-order valence-corrected chi connectivity index (χ4v) is 3.03. The lowest BCUT2D eigenvalue weighted by atomic mass is 10.00. The molecule has 2 aliphatic carbocycles. The van der Waals surface area contributed by atoms with Gasteiger partial charge in [-0.15, -0.1) is 23.2 Å². The molecule has 0 heterocycles. The maximum absolute atomic E-state index is 12.0. The van der Waals surface area contributed by atoms with Gasteiger partial charge < -0.3 is 0 Å². The van der Waals surface area contributed by atoms with E-state index in [4.69, 9.17) is 46.4 Å². The van der Waals surface area contributed by atoms with Gasteiger partial charge in [0.25, 0.3) is 0 Å². The van der Waals surface area contributed by atoms with Crippen molar-refractivity contribution >= 4 is 58.3 Å². The van der Waals surface area contributed by atoms with Crippen molar-refractivity contribution in [3.63, 3.8) is 0 Å². The predicted molar refractivity (Wildman–Crippen MR) is 84.7 cm³/mol. The molecule has 0 radical (unpaired) electrons. The third-order valence-electron chi connectivity index (χ3n) is 3.00. The first kappa shape index (κ1) is 17.4. The van der Waals surface area contributed by atoms with E-state index in [2.05, 4.69) is 9.78 Å². The second-order valence-corrected chi connectivity index (χ2v) is 7.09. The Morgan fingerprint density at radius 2 is 1.23 bits per heavy atom. The summed E-state index contributed by atoms with van der Waals surface area (Å²) in [5.41, 5.74) is 0. The van der Waals surface area contributed by atoms with E-state index in [0.29, 0.717) is 10.1 Å². The highest BCUT2D eigenvalue weighted by Crippen LogP contribution is 2.35. The molecule has 2 unspecified atom stereocenters. The normalized spacial score (nSPS) is 30.4. The average molecular weight is 384 g/mol. The molecule has 0 aromatic carbocycles. The summed E-state index contributed by atoms with van der Waals surface area (Å²) >= 11 is 23.8. The Balaban J connectivity index is 1.96. The molecule has 8 heteroatoms. The zero-order valence-corrected chi connectivity index (χ0v) is 14.0. The minimum Gasteiger partial charge on any atom is -0.245 e. The van der Waals surface area contributed by atoms with Crippen LogP contribution in [0.5, 0.6) is 0 Å². The Bertz CT molecular complexity index is 568. The summed E-state index contributed by atoms with van der Waals surface area (Å²) in [7, 11) is 0. The molecule has 0 fully saturated rings. The van der Waals surface area contributed by atoms with E-state index in [9.17, 15) is 9.59 Å². The number of hydrogen-bond acceptors (Lipinski definition) is 4. The van der Waals surface area contributed by atoms with E-state index in [-0.39, 0.29) is 12.8 Å². The number of rotatable bonds is 2. The molecule has 2 aliphatic rings. The standard InChI is InChI=1S/C14H10Cl4O4/c15-9-3-1-5-13(17,7-9)11(19)21-22-12(20)14(18)6-2-4-10(16)8-14/h1-6H,7-8H2. The highest BCUT2D eigenvalue weighted by molar-refractivity contribution is 6.39. The zero-order chi connectivity index (χ0) is 16.4. The minimum absolute atomic E-state index is 0.0312. The lowest BCUT2D eigenvalue weighted by Gasteiger charge is -2.24. The van der Waals surface area contributed by atoms with Crippen molar-refractivity contribution in [3.8, 4) is 0 Å². The number of carbonyl (C=O) groups is 2. The van der Waals surface area contributed by atoms with Crippen LogP contribution < -0.4 is 0 Å². The second-order valence-electron chi connectivity index (χ2n) is 4.77. The molecule has 2 rings (SSSR count). The highest BCUT2D eigenvalue weighted by atomic mass is 35.5. The molecule has 2 atom stereocenters. The monoisotopic (exact) mass is 382 g/mol. The van der Waals surface area contributed by atoms with Crippen molar-refractivity contribution in [1.29, 1.82) is 0 Å². The second kappa shape index (κ2) is 6.67. The number of carbonyl (C=O) groups excluding carboxylic acids is 2. The van der Waals surface area contributed by atoms with Gasteiger partial charge in [0.2, 0.25) is 0 Å². The summed E-state index contributed by atoms with van der Waals surface area (Å²) in [6.07, 6.45) is 9.07. The maximum Gasteiger partial charge on any atom is 0.380 e. The fourth-order valence-electron chi connectivity index (χ4n) is 1.83. The minimum atomic E-state index is -1.52. The topological polar surface area (TPSA) is 52.6 Å². The molecule has 0 aliphatic heterocycles. The van der Waals surface area contributed by atoms with Crippen LogP contribution in [0.3, 0.4) is 0 Å². The first-order chi connectivity index (χ1) is 10.3. The van der Waals surface area contributed by atoms with Crippen LogP contribution in [0.4, 0.5) is 0 Å². The molecule has 0 N–H and O–H groups in total. The van der Waals surface area contributed by atoms with Gasteiger partial charge in [0, 0.05) is 22.9 Å². The molecule has 0 bridgehead atoms. The zero-order valence-electron chi connectivity index (χ0n) is 11.0. The SMILES string of the molecule is O=C(OOC(=O)C1(Cl)C=CC=C(Cl)C1)C1(Cl)C=CC=C(Cl)C1. The lowest BCUT2D eigenvalue weighted by molar-refractivity contribution is -0.261. The summed E-state index contributed by atoms with van der Waals surface area (Å²) in [6.45, 7) is 0. The van der Waals surface area contributed by atoms with Gasteiger partial charge in [-0.25, -0.2) is 19.4 Å². The van der Waals surface area contributed by atoms with Crippen LogP contribution >= 0.6 is 46.4 Å². The van der Waals surface area contributed by atoms with Crippen molar-refractivity contribution < 1.29 is 19.4 Å². The summed E-state index contributed by atoms with van der Waals surface area (Å²) in [4.78, 5) is 29.9. The first-order valence-corrected chi connectivity index (χ1v) is 7.65. The Kier molecular flexibility index (Phi) is 5.28. The van der Waals surface area contributed by atoms with Gasteiger partial charge in [-0.3, -0.25) is 0 Å². The molecular weight excluding hydrogens is 374 g/mol. The average Bonchev–Trinajstić information content (AvgIpc) is 2.43. The van der Waals surface area contributed by atoms with Gasteiger partial charge in [-0.2, -0.15) is 0 Å². The predicted octanol–water partition coefficient (Wildman–Crippen LogP) is 4.11. The Morgan fingerprint density at radius 3 is 1.55 bits per heavy atom. The van der Waals surface area contributed by atoms with Gasteiger partial charge in [0.1, 0.15) is 0 Å². The molecule has 0 aromatic heterocycles. The third-order valence-corrected chi connectivity index (χ3v) is 4.35. The molecular formula is C14H10Cl4O4. The van der Waals surface area contributed by atoms with Crippen LogP contribution in [0.25, 0.3) is 0 Å². The summed E-state index contributed by atoms with van der Waals surface area (Å²) in [5, 5.41) is 0.753. The van der Waals surface area contributed by atoms with Crippen molar-refractivity contribution in [3.05, 3.63) is 46.5 Å². The summed E-state index contributed by atoms with van der Waals surface area (Å²) in [5.74, 6) is -1.93. The highest BCUT2D eigenvalue weighted by Gasteiger charge is 2.42. The van der Waals surface area contributed by atoms with Crippen LogP contribution in [0.15, 0.2) is 46.5 Å². The van der Waals surface area contributed by atoms with Crippen LogP contribution in [0.1, 0.15) is 12.8 Å². The van der Waals surface area contributed by atoms with Gasteiger partial charge in [0.15, 0.2) is 9.75 Å². The number of allylic oxidation sites excluding steroid dienone is 6. The fraction of sp³-hybridized carbons (Fsp3) is 0.286. The van der Waals surface area contributed by atoms with E-state index in [1.54, 1.807) is 12.2 Å². The van der Waals surface area contributed by atoms with E-state index in [0.717, 1.165) is 0 Å².